The van der Waals surface area contributed by atoms with Crippen molar-refractivity contribution in [2.24, 2.45) is 0 Å². The van der Waals surface area contributed by atoms with E-state index in [1.165, 1.54) is 23.6 Å². The zero-order chi connectivity index (χ0) is 13.8. The monoisotopic (exact) mass is 278 g/mol. The van der Waals surface area contributed by atoms with E-state index < -0.39 is 4.92 Å². The van der Waals surface area contributed by atoms with Crippen LogP contribution in [0.25, 0.3) is 0 Å². The zero-order valence-electron chi connectivity index (χ0n) is 10.7. The molecule has 0 aliphatic rings. The molecule has 1 heterocycles. The van der Waals surface area contributed by atoms with E-state index in [1.807, 2.05) is 5.38 Å². The summed E-state index contributed by atoms with van der Waals surface area (Å²) >= 11 is 1.68. The molecule has 0 saturated carbocycles. The first kappa shape index (κ1) is 13.4. The van der Waals surface area contributed by atoms with Gasteiger partial charge in [-0.2, -0.15) is 0 Å². The highest BCUT2D eigenvalue weighted by Crippen LogP contribution is 2.30. The van der Waals surface area contributed by atoms with Gasteiger partial charge in [0.2, 0.25) is 0 Å². The summed E-state index contributed by atoms with van der Waals surface area (Å²) < 4.78 is 5.03. The van der Waals surface area contributed by atoms with Crippen molar-refractivity contribution in [3.8, 4) is 5.75 Å². The molecule has 0 aliphatic heterocycles. The fraction of sp³-hybridized carbons (Fsp3) is 0.231. The highest BCUT2D eigenvalue weighted by Gasteiger charge is 2.14. The summed E-state index contributed by atoms with van der Waals surface area (Å²) in [5.74, 6) is 0.262. The van der Waals surface area contributed by atoms with Gasteiger partial charge >= 0.3 is 5.69 Å². The number of rotatable bonds is 5. The Kier molecular flexibility index (Phi) is 4.01. The van der Waals surface area contributed by atoms with E-state index in [2.05, 4.69) is 18.3 Å². The minimum absolute atomic E-state index is 0.0274. The molecule has 0 radical (unpaired) electrons. The lowest BCUT2D eigenvalue weighted by atomic mass is 10.2. The lowest BCUT2D eigenvalue weighted by Crippen LogP contribution is -2.00. The van der Waals surface area contributed by atoms with E-state index in [1.54, 1.807) is 23.5 Å². The molecule has 2 aromatic rings. The van der Waals surface area contributed by atoms with E-state index in [0.717, 1.165) is 5.69 Å². The fourth-order valence-corrected chi connectivity index (χ4v) is 2.55. The molecule has 0 atom stereocenters. The Morgan fingerprint density at radius 2 is 2.21 bits per heavy atom. The first-order valence-electron chi connectivity index (χ1n) is 5.71. The van der Waals surface area contributed by atoms with E-state index in [0.29, 0.717) is 6.54 Å². The summed E-state index contributed by atoms with van der Waals surface area (Å²) in [7, 11) is 1.43. The van der Waals surface area contributed by atoms with Gasteiger partial charge in [0.1, 0.15) is 0 Å². The summed E-state index contributed by atoms with van der Waals surface area (Å²) in [6.07, 6.45) is 0. The van der Waals surface area contributed by atoms with Crippen LogP contribution >= 0.6 is 11.3 Å². The van der Waals surface area contributed by atoms with Crippen LogP contribution in [-0.2, 0) is 6.54 Å². The number of ether oxygens (including phenoxy) is 1. The molecule has 0 bridgehead atoms. The predicted octanol–water partition coefficient (Wildman–Crippen LogP) is 3.59. The van der Waals surface area contributed by atoms with Gasteiger partial charge in [-0.15, -0.1) is 11.3 Å². The molecule has 0 saturated heterocycles. The molecule has 1 aromatic carbocycles. The highest BCUT2D eigenvalue weighted by molar-refractivity contribution is 7.10. The highest BCUT2D eigenvalue weighted by atomic mass is 32.1. The Labute approximate surface area is 115 Å². The fourth-order valence-electron chi connectivity index (χ4n) is 1.71. The van der Waals surface area contributed by atoms with Crippen LogP contribution in [0, 0.1) is 17.0 Å². The van der Waals surface area contributed by atoms with Crippen LogP contribution in [-0.4, -0.2) is 12.0 Å². The SMILES string of the molecule is COc1cc(NCc2sccc2C)ccc1[N+](=O)[O-]. The average Bonchev–Trinajstić information content (AvgIpc) is 2.81. The van der Waals surface area contributed by atoms with Crippen LogP contribution in [0.2, 0.25) is 0 Å². The molecule has 1 aromatic heterocycles. The van der Waals surface area contributed by atoms with Crippen molar-refractivity contribution in [3.63, 3.8) is 0 Å². The number of benzene rings is 1. The van der Waals surface area contributed by atoms with Crippen molar-refractivity contribution >= 4 is 22.7 Å². The van der Waals surface area contributed by atoms with Crippen LogP contribution in [0.4, 0.5) is 11.4 Å². The maximum absolute atomic E-state index is 10.8. The standard InChI is InChI=1S/C13H14N2O3S/c1-9-5-6-19-13(9)8-14-10-3-4-11(15(16)17)12(7-10)18-2/h3-7,14H,8H2,1-2H3. The molecule has 1 N–H and O–H groups in total. The van der Waals surface area contributed by atoms with Crippen molar-refractivity contribution in [2.45, 2.75) is 13.5 Å². The van der Waals surface area contributed by atoms with Crippen LogP contribution in [0.3, 0.4) is 0 Å². The minimum Gasteiger partial charge on any atom is -0.490 e. The Balaban J connectivity index is 2.13. The van der Waals surface area contributed by atoms with Crippen molar-refractivity contribution in [1.82, 2.24) is 0 Å². The molecule has 0 aliphatic carbocycles. The Morgan fingerprint density at radius 3 is 2.79 bits per heavy atom. The molecule has 100 valence electrons. The number of hydrogen-bond donors (Lipinski definition) is 1. The molecular weight excluding hydrogens is 264 g/mol. The largest absolute Gasteiger partial charge is 0.490 e. The van der Waals surface area contributed by atoms with Gasteiger partial charge in [-0.05, 0) is 30.0 Å². The van der Waals surface area contributed by atoms with Crippen LogP contribution in [0.1, 0.15) is 10.4 Å². The third-order valence-corrected chi connectivity index (χ3v) is 3.82. The number of anilines is 1. The number of hydrogen-bond acceptors (Lipinski definition) is 5. The second kappa shape index (κ2) is 5.71. The Hall–Kier alpha value is -2.08. The van der Waals surface area contributed by atoms with E-state index in [4.69, 9.17) is 4.74 Å². The van der Waals surface area contributed by atoms with Gasteiger partial charge in [0.05, 0.1) is 12.0 Å². The van der Waals surface area contributed by atoms with Gasteiger partial charge in [0, 0.05) is 29.2 Å². The maximum Gasteiger partial charge on any atom is 0.311 e. The first-order chi connectivity index (χ1) is 9.11. The van der Waals surface area contributed by atoms with Crippen molar-refractivity contribution in [2.75, 3.05) is 12.4 Å². The molecule has 5 nitrogen and oxygen atoms in total. The average molecular weight is 278 g/mol. The number of nitrogens with zero attached hydrogens (tertiary/aromatic N) is 1. The molecule has 0 amide bonds. The maximum atomic E-state index is 10.8. The second-order valence-electron chi connectivity index (χ2n) is 4.02. The Bertz CT molecular complexity index is 595. The van der Waals surface area contributed by atoms with Crippen molar-refractivity contribution < 1.29 is 9.66 Å². The van der Waals surface area contributed by atoms with Crippen LogP contribution in [0.15, 0.2) is 29.6 Å². The molecule has 19 heavy (non-hydrogen) atoms. The third-order valence-electron chi connectivity index (χ3n) is 2.80. The summed E-state index contributed by atoms with van der Waals surface area (Å²) in [6.45, 7) is 2.76. The number of nitrogens with one attached hydrogen (secondary N) is 1. The number of aryl methyl sites for hydroxylation is 1. The first-order valence-corrected chi connectivity index (χ1v) is 6.59. The lowest BCUT2D eigenvalue weighted by Gasteiger charge is -2.08. The minimum atomic E-state index is -0.452. The zero-order valence-corrected chi connectivity index (χ0v) is 11.5. The van der Waals surface area contributed by atoms with Gasteiger partial charge in [-0.1, -0.05) is 0 Å². The lowest BCUT2D eigenvalue weighted by molar-refractivity contribution is -0.385. The summed E-state index contributed by atoms with van der Waals surface area (Å²) in [5, 5.41) is 16.1. The molecule has 0 unspecified atom stereocenters. The Morgan fingerprint density at radius 1 is 1.42 bits per heavy atom. The van der Waals surface area contributed by atoms with Gasteiger partial charge in [-0.3, -0.25) is 10.1 Å². The number of methoxy groups -OCH3 is 1. The summed E-state index contributed by atoms with van der Waals surface area (Å²) in [6, 6.07) is 6.84. The number of nitro groups is 1. The molecule has 6 heteroatoms. The topological polar surface area (TPSA) is 64.4 Å². The number of thiophene rings is 1. The smallest absolute Gasteiger partial charge is 0.311 e. The second-order valence-corrected chi connectivity index (χ2v) is 5.02. The van der Waals surface area contributed by atoms with Gasteiger partial charge in [0.25, 0.3) is 0 Å². The summed E-state index contributed by atoms with van der Waals surface area (Å²) in [4.78, 5) is 11.6. The molecule has 0 spiro atoms. The van der Waals surface area contributed by atoms with Gasteiger partial charge in [0.15, 0.2) is 5.75 Å². The van der Waals surface area contributed by atoms with Crippen molar-refractivity contribution in [3.05, 3.63) is 50.2 Å². The van der Waals surface area contributed by atoms with Crippen LogP contribution < -0.4 is 10.1 Å². The van der Waals surface area contributed by atoms with Crippen molar-refractivity contribution in [1.29, 1.82) is 0 Å². The quantitative estimate of drug-likeness (QED) is 0.670. The molecule has 2 rings (SSSR count). The normalized spacial score (nSPS) is 10.2. The third kappa shape index (κ3) is 3.03. The number of nitro benzene ring substituents is 1. The van der Waals surface area contributed by atoms with E-state index in [9.17, 15) is 10.1 Å². The predicted molar refractivity (Wildman–Crippen MR) is 76.0 cm³/mol. The van der Waals surface area contributed by atoms with Gasteiger partial charge in [-0.25, -0.2) is 0 Å². The van der Waals surface area contributed by atoms with E-state index in [-0.39, 0.29) is 11.4 Å². The van der Waals surface area contributed by atoms with E-state index >= 15 is 0 Å². The molecular formula is C13H14N2O3S. The summed E-state index contributed by atoms with van der Waals surface area (Å²) in [5.41, 5.74) is 2.02. The van der Waals surface area contributed by atoms with Gasteiger partial charge < -0.3 is 10.1 Å². The van der Waals surface area contributed by atoms with Crippen LogP contribution in [0.5, 0.6) is 5.75 Å². The molecule has 0 fully saturated rings.